The average Bonchev–Trinajstić information content (AvgIpc) is 2.55. The van der Waals surface area contributed by atoms with E-state index in [1.807, 2.05) is 68.4 Å². The van der Waals surface area contributed by atoms with Crippen molar-refractivity contribution in [2.45, 2.75) is 26.3 Å². The van der Waals surface area contributed by atoms with E-state index in [2.05, 4.69) is 15.3 Å². The number of amides is 1. The Morgan fingerprint density at radius 1 is 1.00 bits per heavy atom. The van der Waals surface area contributed by atoms with Crippen molar-refractivity contribution in [1.82, 2.24) is 15.3 Å². The minimum Gasteiger partial charge on any atom is -0.354 e. The van der Waals surface area contributed by atoms with Crippen LogP contribution in [0, 0.1) is 0 Å². The van der Waals surface area contributed by atoms with Gasteiger partial charge in [-0.05, 0) is 19.9 Å². The first kappa shape index (κ1) is 15.2. The van der Waals surface area contributed by atoms with Crippen LogP contribution >= 0.6 is 0 Å². The Balaban J connectivity index is 2.06. The molecule has 0 spiro atoms. The van der Waals surface area contributed by atoms with Gasteiger partial charge < -0.3 is 5.32 Å². The number of carbonyl (C=O) groups is 1. The summed E-state index contributed by atoms with van der Waals surface area (Å²) in [6, 6.07) is 17.7. The molecule has 0 aliphatic rings. The third-order valence-corrected chi connectivity index (χ3v) is 3.49. The fraction of sp³-hybridized carbons (Fsp3) is 0.211. The van der Waals surface area contributed by atoms with Gasteiger partial charge in [0.15, 0.2) is 5.82 Å². The summed E-state index contributed by atoms with van der Waals surface area (Å²) in [5.74, 6) is 0.625. The van der Waals surface area contributed by atoms with Crippen LogP contribution in [0.4, 0.5) is 0 Å². The molecule has 0 fully saturated rings. The highest BCUT2D eigenvalue weighted by Crippen LogP contribution is 2.21. The van der Waals surface area contributed by atoms with E-state index in [4.69, 9.17) is 0 Å². The molecule has 0 saturated carbocycles. The SMILES string of the molecule is CC(C)NC(=O)Cc1nc(-c2ccccc2)nc2ccccc12. The van der Waals surface area contributed by atoms with Crippen molar-refractivity contribution in [3.8, 4) is 11.4 Å². The number of carbonyl (C=O) groups excluding carboxylic acids is 1. The van der Waals surface area contributed by atoms with E-state index in [1.54, 1.807) is 0 Å². The van der Waals surface area contributed by atoms with Crippen LogP contribution < -0.4 is 5.32 Å². The Kier molecular flexibility index (Phi) is 4.33. The van der Waals surface area contributed by atoms with Gasteiger partial charge in [0, 0.05) is 17.0 Å². The van der Waals surface area contributed by atoms with Gasteiger partial charge in [-0.25, -0.2) is 9.97 Å². The van der Waals surface area contributed by atoms with Gasteiger partial charge >= 0.3 is 0 Å². The molecule has 0 atom stereocenters. The van der Waals surface area contributed by atoms with Crippen molar-refractivity contribution >= 4 is 16.8 Å². The quantitative estimate of drug-likeness (QED) is 0.804. The molecule has 1 N–H and O–H groups in total. The lowest BCUT2D eigenvalue weighted by Gasteiger charge is -2.11. The Bertz CT molecular complexity index is 828. The molecule has 1 amide bonds. The molecule has 4 nitrogen and oxygen atoms in total. The molecule has 3 rings (SSSR count). The zero-order valence-electron chi connectivity index (χ0n) is 13.3. The monoisotopic (exact) mass is 305 g/mol. The largest absolute Gasteiger partial charge is 0.354 e. The molecule has 1 heterocycles. The molecular weight excluding hydrogens is 286 g/mol. The molecule has 0 unspecified atom stereocenters. The summed E-state index contributed by atoms with van der Waals surface area (Å²) < 4.78 is 0. The molecule has 4 heteroatoms. The molecule has 0 radical (unpaired) electrons. The number of para-hydroxylation sites is 1. The predicted octanol–water partition coefficient (Wildman–Crippen LogP) is 3.36. The van der Waals surface area contributed by atoms with E-state index < -0.39 is 0 Å². The highest BCUT2D eigenvalue weighted by atomic mass is 16.1. The zero-order valence-corrected chi connectivity index (χ0v) is 13.3. The van der Waals surface area contributed by atoms with Gasteiger partial charge in [-0.2, -0.15) is 0 Å². The lowest BCUT2D eigenvalue weighted by Crippen LogP contribution is -2.31. The third kappa shape index (κ3) is 3.54. The highest BCUT2D eigenvalue weighted by molar-refractivity contribution is 5.88. The molecule has 2 aromatic carbocycles. The Labute approximate surface area is 135 Å². The number of fused-ring (bicyclic) bond motifs is 1. The lowest BCUT2D eigenvalue weighted by molar-refractivity contribution is -0.120. The van der Waals surface area contributed by atoms with Gasteiger partial charge in [0.05, 0.1) is 17.6 Å². The molecular formula is C19H19N3O. The van der Waals surface area contributed by atoms with Crippen LogP contribution in [0.25, 0.3) is 22.3 Å². The lowest BCUT2D eigenvalue weighted by atomic mass is 10.1. The zero-order chi connectivity index (χ0) is 16.2. The number of nitrogens with zero attached hydrogens (tertiary/aromatic N) is 2. The van der Waals surface area contributed by atoms with Crippen LogP contribution in [0.15, 0.2) is 54.6 Å². The summed E-state index contributed by atoms with van der Waals surface area (Å²) in [4.78, 5) is 21.4. The van der Waals surface area contributed by atoms with Crippen molar-refractivity contribution in [3.05, 3.63) is 60.3 Å². The van der Waals surface area contributed by atoms with Gasteiger partial charge in [0.2, 0.25) is 5.91 Å². The van der Waals surface area contributed by atoms with Crippen molar-refractivity contribution in [2.24, 2.45) is 0 Å². The number of rotatable bonds is 4. The van der Waals surface area contributed by atoms with Gasteiger partial charge in [0.25, 0.3) is 0 Å². The Hall–Kier alpha value is -2.75. The summed E-state index contributed by atoms with van der Waals surface area (Å²) in [6.45, 7) is 3.90. The molecule has 0 aliphatic carbocycles. The smallest absolute Gasteiger partial charge is 0.226 e. The van der Waals surface area contributed by atoms with Gasteiger partial charge in [0.1, 0.15) is 0 Å². The van der Waals surface area contributed by atoms with Crippen molar-refractivity contribution in [1.29, 1.82) is 0 Å². The second kappa shape index (κ2) is 6.57. The maximum absolute atomic E-state index is 12.1. The number of hydrogen-bond donors (Lipinski definition) is 1. The second-order valence-electron chi connectivity index (χ2n) is 5.78. The van der Waals surface area contributed by atoms with E-state index in [0.29, 0.717) is 5.82 Å². The molecule has 116 valence electrons. The molecule has 0 bridgehead atoms. The summed E-state index contributed by atoms with van der Waals surface area (Å²) >= 11 is 0. The second-order valence-corrected chi connectivity index (χ2v) is 5.78. The fourth-order valence-electron chi connectivity index (χ4n) is 2.52. The average molecular weight is 305 g/mol. The molecule has 0 aliphatic heterocycles. The Morgan fingerprint density at radius 2 is 1.70 bits per heavy atom. The van der Waals surface area contributed by atoms with Gasteiger partial charge in [-0.3, -0.25) is 4.79 Å². The number of nitrogens with one attached hydrogen (secondary N) is 1. The van der Waals surface area contributed by atoms with Crippen LogP contribution in [0.2, 0.25) is 0 Å². The highest BCUT2D eigenvalue weighted by Gasteiger charge is 2.13. The van der Waals surface area contributed by atoms with Crippen molar-refractivity contribution in [2.75, 3.05) is 0 Å². The summed E-state index contributed by atoms with van der Waals surface area (Å²) in [6.07, 6.45) is 0.251. The summed E-state index contributed by atoms with van der Waals surface area (Å²) in [5, 5.41) is 3.84. The van der Waals surface area contributed by atoms with E-state index >= 15 is 0 Å². The van der Waals surface area contributed by atoms with Crippen LogP contribution in [-0.4, -0.2) is 21.9 Å². The third-order valence-electron chi connectivity index (χ3n) is 3.49. The maximum atomic E-state index is 12.1. The first-order chi connectivity index (χ1) is 11.1. The van der Waals surface area contributed by atoms with E-state index in [0.717, 1.165) is 22.2 Å². The van der Waals surface area contributed by atoms with Gasteiger partial charge in [-0.15, -0.1) is 0 Å². The van der Waals surface area contributed by atoms with E-state index in [1.165, 1.54) is 0 Å². The first-order valence-electron chi connectivity index (χ1n) is 7.74. The number of aromatic nitrogens is 2. The van der Waals surface area contributed by atoms with Crippen LogP contribution in [0.3, 0.4) is 0 Å². The molecule has 3 aromatic rings. The number of benzene rings is 2. The van der Waals surface area contributed by atoms with Crippen LogP contribution in [-0.2, 0) is 11.2 Å². The fourth-order valence-corrected chi connectivity index (χ4v) is 2.52. The Morgan fingerprint density at radius 3 is 2.43 bits per heavy atom. The normalized spacial score (nSPS) is 10.9. The maximum Gasteiger partial charge on any atom is 0.226 e. The number of hydrogen-bond acceptors (Lipinski definition) is 3. The van der Waals surface area contributed by atoms with Crippen LogP contribution in [0.5, 0.6) is 0 Å². The minimum atomic E-state index is -0.0251. The van der Waals surface area contributed by atoms with Crippen molar-refractivity contribution < 1.29 is 4.79 Å². The molecule has 0 saturated heterocycles. The topological polar surface area (TPSA) is 54.9 Å². The summed E-state index contributed by atoms with van der Waals surface area (Å²) in [7, 11) is 0. The van der Waals surface area contributed by atoms with E-state index in [9.17, 15) is 4.79 Å². The summed E-state index contributed by atoms with van der Waals surface area (Å²) in [5.41, 5.74) is 2.56. The van der Waals surface area contributed by atoms with E-state index in [-0.39, 0.29) is 18.4 Å². The van der Waals surface area contributed by atoms with Crippen molar-refractivity contribution in [3.63, 3.8) is 0 Å². The minimum absolute atomic E-state index is 0.0251. The first-order valence-corrected chi connectivity index (χ1v) is 7.74. The standard InChI is InChI=1S/C19H19N3O/c1-13(2)20-18(23)12-17-15-10-6-7-11-16(15)21-19(22-17)14-8-4-3-5-9-14/h3-11,13H,12H2,1-2H3,(H,20,23). The van der Waals surface area contributed by atoms with Crippen LogP contribution in [0.1, 0.15) is 19.5 Å². The predicted molar refractivity (Wildman–Crippen MR) is 92.0 cm³/mol. The molecule has 23 heavy (non-hydrogen) atoms. The molecule has 1 aromatic heterocycles. The van der Waals surface area contributed by atoms with Gasteiger partial charge in [-0.1, -0.05) is 48.5 Å².